The Morgan fingerprint density at radius 2 is 1.70 bits per heavy atom. The van der Waals surface area contributed by atoms with E-state index in [9.17, 15) is 4.39 Å². The molecule has 0 bridgehead atoms. The third kappa shape index (κ3) is 2.61. The Morgan fingerprint density at radius 3 is 2.35 bits per heavy atom. The molecule has 0 aliphatic carbocycles. The lowest BCUT2D eigenvalue weighted by Crippen LogP contribution is -1.93. The van der Waals surface area contributed by atoms with Crippen LogP contribution in [0, 0.1) is 5.82 Å². The molecule has 0 spiro atoms. The predicted octanol–water partition coefficient (Wildman–Crippen LogP) is 7.05. The fraction of sp³-hybridized carbons (Fsp3) is 0.0667. The minimum atomic E-state index is -0.183. The van der Waals surface area contributed by atoms with Crippen LogP contribution in [0.2, 0.25) is 0 Å². The van der Waals surface area contributed by atoms with E-state index >= 15 is 0 Å². The van der Waals surface area contributed by atoms with Crippen LogP contribution in [0.1, 0.15) is 15.3 Å². The molecule has 0 fully saturated rings. The predicted molar refractivity (Wildman–Crippen MR) is 94.4 cm³/mol. The SMILES string of the molecule is Fc1ccc(C(Br)c2cc(Br)c(Br)s2)c2ccccc12. The topological polar surface area (TPSA) is 0 Å². The zero-order valence-corrected chi connectivity index (χ0v) is 15.6. The van der Waals surface area contributed by atoms with E-state index in [0.29, 0.717) is 5.39 Å². The van der Waals surface area contributed by atoms with Crippen molar-refractivity contribution < 1.29 is 4.39 Å². The highest BCUT2D eigenvalue weighted by Gasteiger charge is 2.18. The number of rotatable bonds is 2. The summed E-state index contributed by atoms with van der Waals surface area (Å²) in [5.74, 6) is -0.183. The molecule has 0 saturated heterocycles. The second-order valence-electron chi connectivity index (χ2n) is 4.32. The molecule has 3 rings (SSSR count). The molecule has 2 aromatic carbocycles. The van der Waals surface area contributed by atoms with E-state index in [2.05, 4.69) is 53.9 Å². The average molecular weight is 479 g/mol. The van der Waals surface area contributed by atoms with Gasteiger partial charge in [-0.2, -0.15) is 0 Å². The van der Waals surface area contributed by atoms with E-state index in [1.807, 2.05) is 30.3 Å². The molecule has 1 heterocycles. The van der Waals surface area contributed by atoms with Crippen LogP contribution in [0.4, 0.5) is 4.39 Å². The molecule has 20 heavy (non-hydrogen) atoms. The molecule has 0 aliphatic heterocycles. The summed E-state index contributed by atoms with van der Waals surface area (Å²) in [5.41, 5.74) is 1.07. The Labute approximate surface area is 145 Å². The van der Waals surface area contributed by atoms with E-state index in [0.717, 1.165) is 19.2 Å². The highest BCUT2D eigenvalue weighted by molar-refractivity contribution is 9.13. The van der Waals surface area contributed by atoms with Crippen LogP contribution in [0.3, 0.4) is 0 Å². The van der Waals surface area contributed by atoms with Gasteiger partial charge < -0.3 is 0 Å². The first kappa shape index (κ1) is 14.7. The molecule has 0 nitrogen and oxygen atoms in total. The highest BCUT2D eigenvalue weighted by atomic mass is 79.9. The lowest BCUT2D eigenvalue weighted by molar-refractivity contribution is 0.639. The van der Waals surface area contributed by atoms with Crippen molar-refractivity contribution in [3.63, 3.8) is 0 Å². The second kappa shape index (κ2) is 5.87. The van der Waals surface area contributed by atoms with Gasteiger partial charge in [-0.3, -0.25) is 0 Å². The first-order chi connectivity index (χ1) is 9.58. The molecule has 0 aliphatic rings. The Hall–Kier alpha value is -0.230. The maximum Gasteiger partial charge on any atom is 0.131 e. The van der Waals surface area contributed by atoms with Gasteiger partial charge in [-0.15, -0.1) is 11.3 Å². The smallest absolute Gasteiger partial charge is 0.131 e. The van der Waals surface area contributed by atoms with Crippen LogP contribution >= 0.6 is 59.1 Å². The third-order valence-corrected chi connectivity index (χ3v) is 7.70. The van der Waals surface area contributed by atoms with Crippen molar-refractivity contribution >= 4 is 69.9 Å². The molecule has 0 amide bonds. The largest absolute Gasteiger partial charge is 0.206 e. The molecule has 1 unspecified atom stereocenters. The van der Waals surface area contributed by atoms with Crippen LogP contribution in [-0.4, -0.2) is 0 Å². The summed E-state index contributed by atoms with van der Waals surface area (Å²) in [4.78, 5) is 1.21. The molecular formula is C15H8Br3FS. The molecule has 0 radical (unpaired) electrons. The van der Waals surface area contributed by atoms with Crippen molar-refractivity contribution in [2.75, 3.05) is 0 Å². The fourth-order valence-corrected chi connectivity index (χ4v) is 5.05. The molecule has 1 aromatic heterocycles. The van der Waals surface area contributed by atoms with Crippen molar-refractivity contribution in [1.82, 2.24) is 0 Å². The number of benzene rings is 2. The molecule has 0 saturated carbocycles. The van der Waals surface area contributed by atoms with Crippen molar-refractivity contribution in [3.05, 3.63) is 67.0 Å². The summed E-state index contributed by atoms with van der Waals surface area (Å²) in [7, 11) is 0. The van der Waals surface area contributed by atoms with Crippen molar-refractivity contribution in [2.24, 2.45) is 0 Å². The highest BCUT2D eigenvalue weighted by Crippen LogP contribution is 2.43. The summed E-state index contributed by atoms with van der Waals surface area (Å²) < 4.78 is 16.0. The van der Waals surface area contributed by atoms with Crippen LogP contribution in [0.25, 0.3) is 10.8 Å². The van der Waals surface area contributed by atoms with E-state index < -0.39 is 0 Å². The molecule has 3 aromatic rings. The average Bonchev–Trinajstić information content (AvgIpc) is 2.79. The van der Waals surface area contributed by atoms with Gasteiger partial charge in [0, 0.05) is 14.7 Å². The quantitative estimate of drug-likeness (QED) is 0.346. The summed E-state index contributed by atoms with van der Waals surface area (Å²) >= 11 is 12.4. The van der Waals surface area contributed by atoms with Gasteiger partial charge in [0.25, 0.3) is 0 Å². The lowest BCUT2D eigenvalue weighted by atomic mass is 10.0. The lowest BCUT2D eigenvalue weighted by Gasteiger charge is -2.12. The first-order valence-electron chi connectivity index (χ1n) is 5.84. The van der Waals surface area contributed by atoms with E-state index in [4.69, 9.17) is 0 Å². The zero-order valence-electron chi connectivity index (χ0n) is 10.0. The zero-order chi connectivity index (χ0) is 14.3. The van der Waals surface area contributed by atoms with Crippen molar-refractivity contribution in [2.45, 2.75) is 4.83 Å². The minimum absolute atomic E-state index is 0.0422. The minimum Gasteiger partial charge on any atom is -0.206 e. The van der Waals surface area contributed by atoms with Crippen molar-refractivity contribution in [3.8, 4) is 0 Å². The number of halogens is 4. The molecular weight excluding hydrogens is 471 g/mol. The molecule has 102 valence electrons. The summed E-state index contributed by atoms with van der Waals surface area (Å²) in [6.07, 6.45) is 0. The molecule has 5 heteroatoms. The normalized spacial score (nSPS) is 12.8. The summed E-state index contributed by atoms with van der Waals surface area (Å²) in [6, 6.07) is 13.0. The first-order valence-corrected chi connectivity index (χ1v) is 9.15. The van der Waals surface area contributed by atoms with Gasteiger partial charge >= 0.3 is 0 Å². The standard InChI is InChI=1S/C15H8Br3FS/c16-11-7-13(20-15(11)18)14(17)10-5-6-12(19)9-4-2-1-3-8(9)10/h1-7,14H. The number of thiophene rings is 1. The Kier molecular flexibility index (Phi) is 4.32. The monoisotopic (exact) mass is 476 g/mol. The van der Waals surface area contributed by atoms with Gasteiger partial charge in [-0.05, 0) is 54.9 Å². The third-order valence-electron chi connectivity index (χ3n) is 3.09. The number of alkyl halides is 1. The summed E-state index contributed by atoms with van der Waals surface area (Å²) in [5, 5.41) is 1.60. The number of fused-ring (bicyclic) bond motifs is 1. The molecule has 1 atom stereocenters. The fourth-order valence-electron chi connectivity index (χ4n) is 2.15. The number of hydrogen-bond donors (Lipinski definition) is 0. The summed E-state index contributed by atoms with van der Waals surface area (Å²) in [6.45, 7) is 0. The maximum absolute atomic E-state index is 13.9. The van der Waals surface area contributed by atoms with Crippen LogP contribution in [0.15, 0.2) is 50.7 Å². The Balaban J connectivity index is 2.17. The molecule has 0 N–H and O–H groups in total. The van der Waals surface area contributed by atoms with Crippen molar-refractivity contribution in [1.29, 1.82) is 0 Å². The maximum atomic E-state index is 13.9. The van der Waals surface area contributed by atoms with Crippen LogP contribution in [0.5, 0.6) is 0 Å². The van der Waals surface area contributed by atoms with E-state index in [1.165, 1.54) is 10.9 Å². The van der Waals surface area contributed by atoms with E-state index in [1.54, 1.807) is 11.3 Å². The van der Waals surface area contributed by atoms with Crippen LogP contribution in [-0.2, 0) is 0 Å². The van der Waals surface area contributed by atoms with Gasteiger partial charge in [0.1, 0.15) is 5.82 Å². The second-order valence-corrected chi connectivity index (χ2v) is 8.49. The van der Waals surface area contributed by atoms with Gasteiger partial charge in [-0.1, -0.05) is 46.3 Å². The number of hydrogen-bond acceptors (Lipinski definition) is 1. The van der Waals surface area contributed by atoms with E-state index in [-0.39, 0.29) is 10.6 Å². The van der Waals surface area contributed by atoms with Gasteiger partial charge in [-0.25, -0.2) is 4.39 Å². The Bertz CT molecular complexity index is 762. The van der Waals surface area contributed by atoms with Gasteiger partial charge in [0.2, 0.25) is 0 Å². The van der Waals surface area contributed by atoms with Gasteiger partial charge in [0.05, 0.1) is 8.61 Å². The Morgan fingerprint density at radius 1 is 1.00 bits per heavy atom. The van der Waals surface area contributed by atoms with Gasteiger partial charge in [0.15, 0.2) is 0 Å². The van der Waals surface area contributed by atoms with Crippen LogP contribution < -0.4 is 0 Å².